The van der Waals surface area contributed by atoms with Gasteiger partial charge in [0, 0.05) is 11.6 Å². The Kier molecular flexibility index (Phi) is 6.23. The number of rotatable bonds is 5. The molecule has 1 atom stereocenters. The largest absolute Gasteiger partial charge is 0.426 e. The van der Waals surface area contributed by atoms with Gasteiger partial charge in [0.1, 0.15) is 0 Å². The number of hydrogen-bond donors (Lipinski definition) is 1. The fraction of sp³-hybridized carbons (Fsp3) is 0.762. The molecule has 8 heteroatoms. The number of alkyl halides is 6. The van der Waals surface area contributed by atoms with Crippen LogP contribution in [0.3, 0.4) is 0 Å². The van der Waals surface area contributed by atoms with Gasteiger partial charge in [0.15, 0.2) is 0 Å². The number of halogens is 6. The SMILES string of the molecule is CCCC[C@H](c1nc2c(c3c1CCCC3)CCCC2)C(O)(C(F)(F)F)C(F)(F)F. The summed E-state index contributed by atoms with van der Waals surface area (Å²) < 4.78 is 82.4. The number of aryl methyl sites for hydroxylation is 1. The van der Waals surface area contributed by atoms with Crippen molar-refractivity contribution in [3.8, 4) is 0 Å². The van der Waals surface area contributed by atoms with Crippen molar-refractivity contribution in [2.24, 2.45) is 0 Å². The van der Waals surface area contributed by atoms with Crippen LogP contribution in [0.1, 0.15) is 85.9 Å². The van der Waals surface area contributed by atoms with Crippen LogP contribution in [0.25, 0.3) is 0 Å². The maximum Gasteiger partial charge on any atom is 0.426 e. The number of aromatic nitrogens is 1. The summed E-state index contributed by atoms with van der Waals surface area (Å²) in [4.78, 5) is 4.41. The van der Waals surface area contributed by atoms with Gasteiger partial charge < -0.3 is 5.11 Å². The molecule has 164 valence electrons. The van der Waals surface area contributed by atoms with Crippen LogP contribution in [-0.2, 0) is 25.7 Å². The van der Waals surface area contributed by atoms with Gasteiger partial charge in [-0.2, -0.15) is 26.3 Å². The Balaban J connectivity index is 2.24. The number of aliphatic hydroxyl groups is 1. The van der Waals surface area contributed by atoms with Crippen molar-refractivity contribution in [1.82, 2.24) is 4.98 Å². The van der Waals surface area contributed by atoms with Crippen LogP contribution in [0.2, 0.25) is 0 Å². The Morgan fingerprint density at radius 2 is 1.34 bits per heavy atom. The molecule has 2 aliphatic rings. The first-order chi connectivity index (χ1) is 13.5. The zero-order valence-corrected chi connectivity index (χ0v) is 16.5. The van der Waals surface area contributed by atoms with E-state index >= 15 is 0 Å². The molecule has 0 radical (unpaired) electrons. The van der Waals surface area contributed by atoms with E-state index in [1.54, 1.807) is 6.92 Å². The van der Waals surface area contributed by atoms with E-state index in [-0.39, 0.29) is 12.1 Å². The lowest BCUT2D eigenvalue weighted by molar-refractivity contribution is -0.376. The summed E-state index contributed by atoms with van der Waals surface area (Å²) in [5.41, 5.74) is -1.93. The minimum atomic E-state index is -5.84. The van der Waals surface area contributed by atoms with Crippen LogP contribution in [0.4, 0.5) is 26.3 Å². The molecule has 3 rings (SSSR count). The number of pyridine rings is 1. The molecular weight excluding hydrogens is 396 g/mol. The number of nitrogens with zero attached hydrogens (tertiary/aromatic N) is 1. The Morgan fingerprint density at radius 1 is 0.828 bits per heavy atom. The van der Waals surface area contributed by atoms with Gasteiger partial charge in [-0.25, -0.2) is 0 Å². The summed E-state index contributed by atoms with van der Waals surface area (Å²) in [5.74, 6) is -2.15. The third-order valence-electron chi connectivity index (χ3n) is 6.38. The predicted octanol–water partition coefficient (Wildman–Crippen LogP) is 5.97. The molecule has 1 aromatic heterocycles. The van der Waals surface area contributed by atoms with Crippen molar-refractivity contribution in [3.05, 3.63) is 28.1 Å². The molecule has 0 saturated carbocycles. The van der Waals surface area contributed by atoms with Gasteiger partial charge >= 0.3 is 12.4 Å². The number of unbranched alkanes of at least 4 members (excludes halogenated alkanes) is 1. The van der Waals surface area contributed by atoms with Gasteiger partial charge in [-0.1, -0.05) is 19.8 Å². The highest BCUT2D eigenvalue weighted by molar-refractivity contribution is 5.45. The summed E-state index contributed by atoms with van der Waals surface area (Å²) in [7, 11) is 0. The first-order valence-electron chi connectivity index (χ1n) is 10.4. The van der Waals surface area contributed by atoms with E-state index < -0.39 is 30.3 Å². The molecule has 0 amide bonds. The first-order valence-corrected chi connectivity index (χ1v) is 10.4. The van der Waals surface area contributed by atoms with Gasteiger partial charge in [-0.3, -0.25) is 4.98 Å². The molecule has 1 N–H and O–H groups in total. The van der Waals surface area contributed by atoms with E-state index in [0.717, 1.165) is 36.8 Å². The summed E-state index contributed by atoms with van der Waals surface area (Å²) in [6.07, 6.45) is -5.78. The van der Waals surface area contributed by atoms with Crippen LogP contribution < -0.4 is 0 Å². The van der Waals surface area contributed by atoms with Crippen LogP contribution in [0, 0.1) is 0 Å². The first kappa shape index (κ1) is 22.4. The van der Waals surface area contributed by atoms with E-state index in [4.69, 9.17) is 0 Å². The van der Waals surface area contributed by atoms with Crippen LogP contribution in [0.15, 0.2) is 0 Å². The predicted molar refractivity (Wildman–Crippen MR) is 96.8 cm³/mol. The van der Waals surface area contributed by atoms with Crippen molar-refractivity contribution >= 4 is 0 Å². The quantitative estimate of drug-likeness (QED) is 0.592. The van der Waals surface area contributed by atoms with Gasteiger partial charge in [-0.15, -0.1) is 0 Å². The molecule has 1 aromatic rings. The third kappa shape index (κ3) is 3.89. The molecule has 0 bridgehead atoms. The van der Waals surface area contributed by atoms with E-state index in [2.05, 4.69) is 4.98 Å². The second kappa shape index (κ2) is 8.08. The number of fused-ring (bicyclic) bond motifs is 3. The summed E-state index contributed by atoms with van der Waals surface area (Å²) in [5, 5.41) is 10.2. The maximum atomic E-state index is 13.7. The second-order valence-corrected chi connectivity index (χ2v) is 8.25. The third-order valence-corrected chi connectivity index (χ3v) is 6.38. The summed E-state index contributed by atoms with van der Waals surface area (Å²) in [6.45, 7) is 1.70. The lowest BCUT2D eigenvalue weighted by Gasteiger charge is -2.40. The molecule has 2 nitrogen and oxygen atoms in total. The van der Waals surface area contributed by atoms with Crippen LogP contribution >= 0.6 is 0 Å². The van der Waals surface area contributed by atoms with E-state index in [0.29, 0.717) is 43.4 Å². The lowest BCUT2D eigenvalue weighted by atomic mass is 9.74. The van der Waals surface area contributed by atoms with Crippen molar-refractivity contribution in [2.45, 2.75) is 101 Å². The lowest BCUT2D eigenvalue weighted by Crippen LogP contribution is -2.61. The van der Waals surface area contributed by atoms with Crippen LogP contribution in [-0.4, -0.2) is 28.0 Å². The fourth-order valence-corrected chi connectivity index (χ4v) is 4.87. The highest BCUT2D eigenvalue weighted by atomic mass is 19.4. The Labute approximate surface area is 166 Å². The minimum absolute atomic E-state index is 0.146. The minimum Gasteiger partial charge on any atom is -0.373 e. The average Bonchev–Trinajstić information content (AvgIpc) is 2.66. The topological polar surface area (TPSA) is 33.1 Å². The van der Waals surface area contributed by atoms with E-state index in [1.807, 2.05) is 0 Å². The summed E-state index contributed by atoms with van der Waals surface area (Å²) >= 11 is 0. The normalized spacial score (nSPS) is 18.9. The zero-order chi connectivity index (χ0) is 21.4. The fourth-order valence-electron chi connectivity index (χ4n) is 4.87. The summed E-state index contributed by atoms with van der Waals surface area (Å²) in [6, 6.07) is 0. The molecule has 0 spiro atoms. The monoisotopic (exact) mass is 423 g/mol. The van der Waals surface area contributed by atoms with Gasteiger partial charge in [0.25, 0.3) is 5.60 Å². The zero-order valence-electron chi connectivity index (χ0n) is 16.5. The molecule has 0 aromatic carbocycles. The molecule has 2 aliphatic carbocycles. The standard InChI is InChI=1S/C21H27F6NO/c1-2-3-11-16(19(29,20(22,23)24)21(25,26)27)18-15-10-5-4-8-13(15)14-9-6-7-12-17(14)28-18/h16,29H,2-12H2,1H3/t16-/m1/s1. The maximum absolute atomic E-state index is 13.7. The van der Waals surface area contributed by atoms with Gasteiger partial charge in [-0.05, 0) is 74.5 Å². The molecule has 0 aliphatic heterocycles. The molecule has 0 fully saturated rings. The second-order valence-electron chi connectivity index (χ2n) is 8.25. The number of hydrogen-bond acceptors (Lipinski definition) is 2. The van der Waals surface area contributed by atoms with Crippen molar-refractivity contribution in [3.63, 3.8) is 0 Å². The van der Waals surface area contributed by atoms with E-state index in [1.165, 1.54) is 0 Å². The van der Waals surface area contributed by atoms with Crippen LogP contribution in [0.5, 0.6) is 0 Å². The highest BCUT2D eigenvalue weighted by Crippen LogP contribution is 2.53. The smallest absolute Gasteiger partial charge is 0.373 e. The van der Waals surface area contributed by atoms with E-state index in [9.17, 15) is 31.4 Å². The Hall–Kier alpha value is -1.31. The molecule has 1 heterocycles. The van der Waals surface area contributed by atoms with Crippen molar-refractivity contribution in [1.29, 1.82) is 0 Å². The average molecular weight is 423 g/mol. The van der Waals surface area contributed by atoms with Crippen molar-refractivity contribution in [2.75, 3.05) is 0 Å². The molecule has 29 heavy (non-hydrogen) atoms. The van der Waals surface area contributed by atoms with Crippen molar-refractivity contribution < 1.29 is 31.4 Å². The van der Waals surface area contributed by atoms with Gasteiger partial charge in [0.05, 0.1) is 5.69 Å². The Morgan fingerprint density at radius 3 is 1.90 bits per heavy atom. The highest BCUT2D eigenvalue weighted by Gasteiger charge is 2.74. The molecular formula is C21H27F6NO. The Bertz CT molecular complexity index is 726. The molecule has 0 saturated heterocycles. The van der Waals surface area contributed by atoms with Gasteiger partial charge in [0.2, 0.25) is 0 Å². The molecule has 0 unspecified atom stereocenters.